The number of hydrogen-bond donors (Lipinski definition) is 3. The van der Waals surface area contributed by atoms with Crippen molar-refractivity contribution >= 4 is 17.5 Å². The lowest BCUT2D eigenvalue weighted by Gasteiger charge is -2.09. The van der Waals surface area contributed by atoms with Crippen LogP contribution in [0.4, 0.5) is 5.69 Å². The summed E-state index contributed by atoms with van der Waals surface area (Å²) in [5, 5.41) is 14.5. The number of anilines is 1. The van der Waals surface area contributed by atoms with Crippen molar-refractivity contribution < 1.29 is 19.4 Å². The van der Waals surface area contributed by atoms with Gasteiger partial charge in [0.1, 0.15) is 11.5 Å². The molecule has 0 aliphatic rings. The number of phenols is 1. The predicted molar refractivity (Wildman–Crippen MR) is 81.7 cm³/mol. The molecular weight excluding hydrogens is 284 g/mol. The molecule has 0 aliphatic carbocycles. The van der Waals surface area contributed by atoms with Crippen LogP contribution >= 0.6 is 0 Å². The van der Waals surface area contributed by atoms with Gasteiger partial charge in [-0.15, -0.1) is 0 Å². The van der Waals surface area contributed by atoms with Gasteiger partial charge in [-0.1, -0.05) is 30.3 Å². The van der Waals surface area contributed by atoms with Crippen molar-refractivity contribution in [1.29, 1.82) is 0 Å². The third-order valence-corrected chi connectivity index (χ3v) is 2.74. The average molecular weight is 300 g/mol. The molecule has 2 amide bonds. The molecule has 2 aromatic carbocycles. The van der Waals surface area contributed by atoms with E-state index >= 15 is 0 Å². The summed E-state index contributed by atoms with van der Waals surface area (Å²) in [6.45, 7) is -0.376. The van der Waals surface area contributed by atoms with Crippen molar-refractivity contribution in [2.45, 2.75) is 0 Å². The first-order chi connectivity index (χ1) is 10.6. The van der Waals surface area contributed by atoms with Gasteiger partial charge in [0.05, 0.1) is 12.2 Å². The molecule has 0 bridgehead atoms. The lowest BCUT2D eigenvalue weighted by molar-refractivity contribution is -0.125. The number of hydrogen-bond acceptors (Lipinski definition) is 4. The molecule has 6 nitrogen and oxygen atoms in total. The van der Waals surface area contributed by atoms with E-state index in [0.717, 1.165) is 0 Å². The Hall–Kier alpha value is -3.02. The van der Waals surface area contributed by atoms with Crippen molar-refractivity contribution in [2.24, 2.45) is 0 Å². The maximum absolute atomic E-state index is 11.7. The number of aromatic hydroxyl groups is 1. The largest absolute Gasteiger partial charge is 0.506 e. The molecule has 114 valence electrons. The molecule has 0 radical (unpaired) electrons. The van der Waals surface area contributed by atoms with E-state index in [1.165, 1.54) is 6.07 Å². The van der Waals surface area contributed by atoms with Crippen molar-refractivity contribution in [3.8, 4) is 11.5 Å². The smallest absolute Gasteiger partial charge is 0.258 e. The van der Waals surface area contributed by atoms with Crippen molar-refractivity contribution in [2.75, 3.05) is 18.5 Å². The number of amides is 2. The molecule has 2 aromatic rings. The van der Waals surface area contributed by atoms with Gasteiger partial charge in [-0.05, 0) is 24.3 Å². The third kappa shape index (κ3) is 4.82. The quantitative estimate of drug-likeness (QED) is 0.706. The van der Waals surface area contributed by atoms with Gasteiger partial charge in [-0.2, -0.15) is 0 Å². The van der Waals surface area contributed by atoms with Crippen molar-refractivity contribution in [1.82, 2.24) is 5.32 Å². The van der Waals surface area contributed by atoms with E-state index in [0.29, 0.717) is 11.4 Å². The zero-order chi connectivity index (χ0) is 15.8. The van der Waals surface area contributed by atoms with E-state index in [2.05, 4.69) is 10.6 Å². The zero-order valence-corrected chi connectivity index (χ0v) is 11.8. The Morgan fingerprint density at radius 2 is 1.64 bits per heavy atom. The molecule has 0 saturated carbocycles. The van der Waals surface area contributed by atoms with Crippen LogP contribution in [-0.2, 0) is 9.59 Å². The molecular formula is C16H16N2O4. The first-order valence-electron chi connectivity index (χ1n) is 6.67. The van der Waals surface area contributed by atoms with E-state index < -0.39 is 11.8 Å². The van der Waals surface area contributed by atoms with Gasteiger partial charge >= 0.3 is 0 Å². The monoisotopic (exact) mass is 300 g/mol. The summed E-state index contributed by atoms with van der Waals surface area (Å²) in [6, 6.07) is 15.3. The number of ether oxygens (including phenoxy) is 1. The maximum atomic E-state index is 11.7. The summed E-state index contributed by atoms with van der Waals surface area (Å²) >= 11 is 0. The fraction of sp³-hybridized carbons (Fsp3) is 0.125. The van der Waals surface area contributed by atoms with Crippen LogP contribution < -0.4 is 15.4 Å². The Morgan fingerprint density at radius 3 is 2.36 bits per heavy atom. The Kier molecular flexibility index (Phi) is 5.37. The summed E-state index contributed by atoms with van der Waals surface area (Å²) in [6.07, 6.45) is 0. The molecule has 0 aliphatic heterocycles. The number of nitrogens with one attached hydrogen (secondary N) is 2. The Labute approximate surface area is 127 Å². The number of benzene rings is 2. The number of para-hydroxylation sites is 3. The fourth-order valence-corrected chi connectivity index (χ4v) is 1.67. The molecule has 2 rings (SSSR count). The minimum Gasteiger partial charge on any atom is -0.506 e. The van der Waals surface area contributed by atoms with E-state index in [9.17, 15) is 14.7 Å². The minimum atomic E-state index is -0.436. The summed E-state index contributed by atoms with van der Waals surface area (Å²) in [7, 11) is 0. The topological polar surface area (TPSA) is 87.7 Å². The van der Waals surface area contributed by atoms with Crippen LogP contribution in [0.3, 0.4) is 0 Å². The molecule has 0 fully saturated rings. The number of phenolic OH excluding ortho intramolecular Hbond substituents is 1. The van der Waals surface area contributed by atoms with Crippen LogP contribution in [0.5, 0.6) is 11.5 Å². The van der Waals surface area contributed by atoms with Gasteiger partial charge in [-0.25, -0.2) is 0 Å². The normalized spacial score (nSPS) is 9.82. The van der Waals surface area contributed by atoms with E-state index in [4.69, 9.17) is 4.74 Å². The fourth-order valence-electron chi connectivity index (χ4n) is 1.67. The third-order valence-electron chi connectivity index (χ3n) is 2.74. The van der Waals surface area contributed by atoms with Gasteiger partial charge in [0.2, 0.25) is 5.91 Å². The highest BCUT2D eigenvalue weighted by Crippen LogP contribution is 2.20. The predicted octanol–water partition coefficient (Wildman–Crippen LogP) is 1.53. The number of carbonyl (C=O) groups excluding carboxylic acids is 2. The van der Waals surface area contributed by atoms with Crippen LogP contribution in [0.25, 0.3) is 0 Å². The maximum Gasteiger partial charge on any atom is 0.258 e. The summed E-state index contributed by atoms with van der Waals surface area (Å²) in [4.78, 5) is 23.2. The van der Waals surface area contributed by atoms with Crippen molar-refractivity contribution in [3.05, 3.63) is 54.6 Å². The number of rotatable bonds is 6. The van der Waals surface area contributed by atoms with E-state index in [1.54, 1.807) is 42.5 Å². The standard InChI is InChI=1S/C16H16N2O4/c19-14-9-5-4-8-13(14)18-15(20)10-17-16(21)11-22-12-6-2-1-3-7-12/h1-9,19H,10-11H2,(H,17,21)(H,18,20). The first kappa shape index (κ1) is 15.4. The molecule has 0 atom stereocenters. The molecule has 0 heterocycles. The Balaban J connectivity index is 1.72. The summed E-state index contributed by atoms with van der Waals surface area (Å²) < 4.78 is 5.25. The minimum absolute atomic E-state index is 0.0328. The first-order valence-corrected chi connectivity index (χ1v) is 6.67. The Morgan fingerprint density at radius 1 is 0.955 bits per heavy atom. The van der Waals surface area contributed by atoms with Crippen LogP contribution in [-0.4, -0.2) is 30.1 Å². The molecule has 0 spiro atoms. The van der Waals surface area contributed by atoms with E-state index in [-0.39, 0.29) is 18.9 Å². The molecule has 0 aromatic heterocycles. The lowest BCUT2D eigenvalue weighted by Crippen LogP contribution is -2.35. The molecule has 3 N–H and O–H groups in total. The van der Waals surface area contributed by atoms with Crippen LogP contribution in [0, 0.1) is 0 Å². The van der Waals surface area contributed by atoms with Gasteiger partial charge < -0.3 is 20.5 Å². The van der Waals surface area contributed by atoms with Crippen LogP contribution in [0.1, 0.15) is 0 Å². The second-order valence-corrected chi connectivity index (χ2v) is 4.44. The highest BCUT2D eigenvalue weighted by atomic mass is 16.5. The molecule has 22 heavy (non-hydrogen) atoms. The Bertz CT molecular complexity index is 644. The second-order valence-electron chi connectivity index (χ2n) is 4.44. The molecule has 0 saturated heterocycles. The highest BCUT2D eigenvalue weighted by Gasteiger charge is 2.08. The highest BCUT2D eigenvalue weighted by molar-refractivity contribution is 5.95. The van der Waals surface area contributed by atoms with Crippen LogP contribution in [0.2, 0.25) is 0 Å². The van der Waals surface area contributed by atoms with Crippen LogP contribution in [0.15, 0.2) is 54.6 Å². The molecule has 6 heteroatoms. The summed E-state index contributed by atoms with van der Waals surface area (Å²) in [5.41, 5.74) is 0.294. The second kappa shape index (κ2) is 7.68. The van der Waals surface area contributed by atoms with Gasteiger partial charge in [0.15, 0.2) is 6.61 Å². The average Bonchev–Trinajstić information content (AvgIpc) is 2.54. The zero-order valence-electron chi connectivity index (χ0n) is 11.8. The SMILES string of the molecule is O=C(COc1ccccc1)NCC(=O)Nc1ccccc1O. The van der Waals surface area contributed by atoms with Gasteiger partial charge in [0.25, 0.3) is 5.91 Å². The van der Waals surface area contributed by atoms with Gasteiger partial charge in [-0.3, -0.25) is 9.59 Å². The van der Waals surface area contributed by atoms with E-state index in [1.807, 2.05) is 6.07 Å². The number of carbonyl (C=O) groups is 2. The van der Waals surface area contributed by atoms with Crippen molar-refractivity contribution in [3.63, 3.8) is 0 Å². The lowest BCUT2D eigenvalue weighted by atomic mass is 10.3. The molecule has 0 unspecified atom stereocenters. The van der Waals surface area contributed by atoms with Gasteiger partial charge in [0, 0.05) is 0 Å². The summed E-state index contributed by atoms with van der Waals surface area (Å²) in [5.74, 6) is -0.295.